The van der Waals surface area contributed by atoms with Crippen LogP contribution in [0.4, 0.5) is 5.82 Å². The zero-order valence-corrected chi connectivity index (χ0v) is 9.83. The smallest absolute Gasteiger partial charge is 0.225 e. The zero-order chi connectivity index (χ0) is 11.8. The Kier molecular flexibility index (Phi) is 5.74. The van der Waals surface area contributed by atoms with Gasteiger partial charge in [0.25, 0.3) is 0 Å². The predicted octanol–water partition coefficient (Wildman–Crippen LogP) is 1.89. The van der Waals surface area contributed by atoms with Crippen molar-refractivity contribution >= 4 is 23.3 Å². The van der Waals surface area contributed by atoms with Crippen molar-refractivity contribution in [3.8, 4) is 0 Å². The van der Waals surface area contributed by atoms with Gasteiger partial charge >= 0.3 is 0 Å². The molecule has 16 heavy (non-hydrogen) atoms. The lowest BCUT2D eigenvalue weighted by molar-refractivity contribution is -0.116. The molecule has 1 amide bonds. The van der Waals surface area contributed by atoms with E-state index in [1.807, 2.05) is 6.92 Å². The van der Waals surface area contributed by atoms with Crippen molar-refractivity contribution in [2.75, 3.05) is 18.5 Å². The fourth-order valence-electron chi connectivity index (χ4n) is 1.09. The molecule has 0 fully saturated rings. The number of anilines is 1. The molecule has 0 unspecified atom stereocenters. The minimum absolute atomic E-state index is 0.102. The summed E-state index contributed by atoms with van der Waals surface area (Å²) in [5.74, 6) is 0.316. The summed E-state index contributed by atoms with van der Waals surface area (Å²) < 4.78 is 5.13. The van der Waals surface area contributed by atoms with Crippen LogP contribution in [0.5, 0.6) is 0 Å². The van der Waals surface area contributed by atoms with Crippen LogP contribution >= 0.6 is 11.6 Å². The number of amides is 1. The van der Waals surface area contributed by atoms with E-state index in [4.69, 9.17) is 16.3 Å². The molecule has 5 nitrogen and oxygen atoms in total. The van der Waals surface area contributed by atoms with Gasteiger partial charge in [-0.1, -0.05) is 11.6 Å². The van der Waals surface area contributed by atoms with E-state index < -0.39 is 0 Å². The van der Waals surface area contributed by atoms with Crippen LogP contribution in [0.1, 0.15) is 19.8 Å². The molecule has 1 aromatic heterocycles. The third kappa shape index (κ3) is 5.04. The molecule has 1 N–H and O–H groups in total. The van der Waals surface area contributed by atoms with Gasteiger partial charge in [0, 0.05) is 25.7 Å². The summed E-state index contributed by atoms with van der Waals surface area (Å²) in [5.41, 5.74) is 0. The maximum atomic E-state index is 11.4. The molecule has 0 aromatic carbocycles. The molecule has 6 heteroatoms. The van der Waals surface area contributed by atoms with Gasteiger partial charge in [-0.25, -0.2) is 9.97 Å². The molecule has 1 heterocycles. The second-order valence-electron chi connectivity index (χ2n) is 3.07. The van der Waals surface area contributed by atoms with Crippen LogP contribution < -0.4 is 5.32 Å². The van der Waals surface area contributed by atoms with Crippen LogP contribution in [-0.2, 0) is 9.53 Å². The molecule has 0 aliphatic heterocycles. The molecule has 1 rings (SSSR count). The first-order valence-corrected chi connectivity index (χ1v) is 5.45. The Balaban J connectivity index is 2.29. The number of hydrogen-bond donors (Lipinski definition) is 1. The van der Waals surface area contributed by atoms with Gasteiger partial charge in [-0.2, -0.15) is 0 Å². The van der Waals surface area contributed by atoms with E-state index in [0.717, 1.165) is 0 Å². The maximum Gasteiger partial charge on any atom is 0.225 e. The van der Waals surface area contributed by atoms with Crippen LogP contribution in [-0.4, -0.2) is 29.1 Å². The number of halogens is 1. The predicted molar refractivity (Wildman–Crippen MR) is 61.4 cm³/mol. The Labute approximate surface area is 99.2 Å². The molecule has 0 saturated carbocycles. The molecule has 88 valence electrons. The quantitative estimate of drug-likeness (QED) is 0.612. The van der Waals surface area contributed by atoms with E-state index in [2.05, 4.69) is 15.3 Å². The third-order valence-corrected chi connectivity index (χ3v) is 2.00. The van der Waals surface area contributed by atoms with Crippen LogP contribution in [0, 0.1) is 0 Å². The lowest BCUT2D eigenvalue weighted by Crippen LogP contribution is -2.13. The Bertz CT molecular complexity index is 347. The summed E-state index contributed by atoms with van der Waals surface area (Å²) in [6.45, 7) is 3.18. The minimum Gasteiger partial charge on any atom is -0.382 e. The number of nitrogens with one attached hydrogen (secondary N) is 1. The highest BCUT2D eigenvalue weighted by molar-refractivity contribution is 6.29. The highest BCUT2D eigenvalue weighted by Gasteiger charge is 2.03. The number of aromatic nitrogens is 2. The van der Waals surface area contributed by atoms with Gasteiger partial charge in [-0.15, -0.1) is 0 Å². The molecular formula is C10H14ClN3O2. The first-order valence-electron chi connectivity index (χ1n) is 5.07. The van der Waals surface area contributed by atoms with Gasteiger partial charge in [0.1, 0.15) is 17.3 Å². The molecule has 0 spiro atoms. The van der Waals surface area contributed by atoms with E-state index in [1.165, 1.54) is 12.4 Å². The zero-order valence-electron chi connectivity index (χ0n) is 9.07. The fraction of sp³-hybridized carbons (Fsp3) is 0.500. The van der Waals surface area contributed by atoms with Crippen LogP contribution in [0.2, 0.25) is 5.15 Å². The van der Waals surface area contributed by atoms with Crippen molar-refractivity contribution in [1.82, 2.24) is 9.97 Å². The van der Waals surface area contributed by atoms with Crippen LogP contribution in [0.25, 0.3) is 0 Å². The van der Waals surface area contributed by atoms with Crippen molar-refractivity contribution in [1.29, 1.82) is 0 Å². The molecular weight excluding hydrogens is 230 g/mol. The second kappa shape index (κ2) is 7.14. The second-order valence-corrected chi connectivity index (χ2v) is 3.46. The first kappa shape index (κ1) is 12.9. The highest BCUT2D eigenvalue weighted by Crippen LogP contribution is 2.08. The van der Waals surface area contributed by atoms with E-state index in [9.17, 15) is 4.79 Å². The van der Waals surface area contributed by atoms with Crippen molar-refractivity contribution in [2.45, 2.75) is 19.8 Å². The topological polar surface area (TPSA) is 64.1 Å². The van der Waals surface area contributed by atoms with E-state index in [1.54, 1.807) is 0 Å². The van der Waals surface area contributed by atoms with Crippen molar-refractivity contribution in [2.24, 2.45) is 0 Å². The number of carbonyl (C=O) groups is 1. The summed E-state index contributed by atoms with van der Waals surface area (Å²) in [4.78, 5) is 19.0. The van der Waals surface area contributed by atoms with E-state index in [-0.39, 0.29) is 5.91 Å². The Morgan fingerprint density at radius 2 is 2.38 bits per heavy atom. The fourth-order valence-corrected chi connectivity index (χ4v) is 1.23. The summed E-state index contributed by atoms with van der Waals surface area (Å²) >= 11 is 5.65. The maximum absolute atomic E-state index is 11.4. The van der Waals surface area contributed by atoms with Gasteiger partial charge in [-0.3, -0.25) is 4.79 Å². The van der Waals surface area contributed by atoms with Crippen LogP contribution in [0.3, 0.4) is 0 Å². The Hall–Kier alpha value is -1.20. The third-order valence-electron chi connectivity index (χ3n) is 1.80. The van der Waals surface area contributed by atoms with Crippen molar-refractivity contribution < 1.29 is 9.53 Å². The van der Waals surface area contributed by atoms with Gasteiger partial charge in [0.05, 0.1) is 0 Å². The van der Waals surface area contributed by atoms with Gasteiger partial charge in [0.15, 0.2) is 0 Å². The van der Waals surface area contributed by atoms with Crippen LogP contribution in [0.15, 0.2) is 12.4 Å². The van der Waals surface area contributed by atoms with Gasteiger partial charge in [-0.05, 0) is 13.3 Å². The minimum atomic E-state index is -0.102. The summed E-state index contributed by atoms with van der Waals surface area (Å²) in [7, 11) is 0. The number of hydrogen-bond acceptors (Lipinski definition) is 4. The molecule has 0 aliphatic rings. The standard InChI is InChI=1S/C10H14ClN3O2/c1-2-16-5-3-4-10(15)14-9-6-8(11)12-7-13-9/h6-7H,2-5H2,1H3,(H,12,13,14,15). The highest BCUT2D eigenvalue weighted by atomic mass is 35.5. The summed E-state index contributed by atoms with van der Waals surface area (Å²) in [5, 5.41) is 2.93. The number of nitrogens with zero attached hydrogens (tertiary/aromatic N) is 2. The van der Waals surface area contributed by atoms with E-state index >= 15 is 0 Å². The molecule has 1 aromatic rings. The van der Waals surface area contributed by atoms with E-state index in [0.29, 0.717) is 37.0 Å². The molecule has 0 bridgehead atoms. The number of carbonyl (C=O) groups excluding carboxylic acids is 1. The average molecular weight is 244 g/mol. The number of rotatable bonds is 6. The lowest BCUT2D eigenvalue weighted by Gasteiger charge is -2.04. The Morgan fingerprint density at radius 1 is 1.56 bits per heavy atom. The average Bonchev–Trinajstić information content (AvgIpc) is 2.24. The largest absolute Gasteiger partial charge is 0.382 e. The summed E-state index contributed by atoms with van der Waals surface area (Å²) in [6.07, 6.45) is 2.40. The molecule has 0 aliphatic carbocycles. The molecule has 0 saturated heterocycles. The molecule has 0 atom stereocenters. The first-order chi connectivity index (χ1) is 7.72. The molecule has 0 radical (unpaired) electrons. The van der Waals surface area contributed by atoms with Crippen molar-refractivity contribution in [3.05, 3.63) is 17.5 Å². The monoisotopic (exact) mass is 243 g/mol. The normalized spacial score (nSPS) is 10.1. The van der Waals surface area contributed by atoms with Crippen molar-refractivity contribution in [3.63, 3.8) is 0 Å². The number of ether oxygens (including phenoxy) is 1. The Morgan fingerprint density at radius 3 is 3.06 bits per heavy atom. The lowest BCUT2D eigenvalue weighted by atomic mass is 10.3. The van der Waals surface area contributed by atoms with Gasteiger partial charge in [0.2, 0.25) is 5.91 Å². The SMILES string of the molecule is CCOCCCC(=O)Nc1cc(Cl)ncn1. The summed E-state index contributed by atoms with van der Waals surface area (Å²) in [6, 6.07) is 1.50. The van der Waals surface area contributed by atoms with Gasteiger partial charge < -0.3 is 10.1 Å².